The fourth-order valence-corrected chi connectivity index (χ4v) is 3.93. The number of carbonyl (C=O) groups is 1. The summed E-state index contributed by atoms with van der Waals surface area (Å²) in [5, 5.41) is 13.6. The van der Waals surface area contributed by atoms with Crippen molar-refractivity contribution in [3.05, 3.63) is 34.9 Å². The third kappa shape index (κ3) is 4.95. The Hall–Kier alpha value is -1.10. The second-order valence-corrected chi connectivity index (χ2v) is 6.96. The van der Waals surface area contributed by atoms with E-state index in [4.69, 9.17) is 16.7 Å². The predicted molar refractivity (Wildman–Crippen MR) is 98.5 cm³/mol. The Balaban J connectivity index is 1.99. The molecular weight excluding hydrogens is 324 g/mol. The van der Waals surface area contributed by atoms with Crippen LogP contribution in [0.15, 0.2) is 24.3 Å². The third-order valence-corrected chi connectivity index (χ3v) is 5.54. The number of halogens is 1. The molecule has 1 aromatic rings. The fourth-order valence-electron chi connectivity index (χ4n) is 3.67. The minimum Gasteiger partial charge on any atom is -0.481 e. The minimum atomic E-state index is -0.648. The summed E-state index contributed by atoms with van der Waals surface area (Å²) in [6.07, 6.45) is 3.42. The Morgan fingerprint density at radius 1 is 1.25 bits per heavy atom. The number of carboxylic acids is 1. The molecule has 5 heteroatoms. The number of nitrogens with zero attached hydrogens (tertiary/aromatic N) is 1. The zero-order valence-corrected chi connectivity index (χ0v) is 15.4. The molecule has 4 nitrogen and oxygen atoms in total. The first kappa shape index (κ1) is 19.2. The number of benzene rings is 1. The molecular formula is C19H29ClN2O2. The van der Waals surface area contributed by atoms with Crippen LogP contribution in [0, 0.1) is 5.92 Å². The summed E-state index contributed by atoms with van der Waals surface area (Å²) in [5.74, 6) is -0.810. The molecule has 0 saturated heterocycles. The number of hydrogen-bond donors (Lipinski definition) is 2. The summed E-state index contributed by atoms with van der Waals surface area (Å²) in [6, 6.07) is 8.70. The SMILES string of the molecule is CCN(CC)C(CNC1CCC(C(=O)O)CC1)c1ccccc1Cl. The molecule has 1 aromatic carbocycles. The van der Waals surface area contributed by atoms with E-state index in [2.05, 4.69) is 30.1 Å². The first-order valence-corrected chi connectivity index (χ1v) is 9.39. The Bertz CT molecular complexity index is 526. The van der Waals surface area contributed by atoms with Gasteiger partial charge >= 0.3 is 5.97 Å². The summed E-state index contributed by atoms with van der Waals surface area (Å²) < 4.78 is 0. The smallest absolute Gasteiger partial charge is 0.306 e. The molecule has 134 valence electrons. The lowest BCUT2D eigenvalue weighted by Gasteiger charge is -2.34. The molecule has 1 saturated carbocycles. The van der Waals surface area contributed by atoms with Gasteiger partial charge in [-0.2, -0.15) is 0 Å². The maximum atomic E-state index is 11.1. The highest BCUT2D eigenvalue weighted by Crippen LogP contribution is 2.29. The van der Waals surface area contributed by atoms with Gasteiger partial charge < -0.3 is 10.4 Å². The lowest BCUT2D eigenvalue weighted by atomic mass is 9.86. The molecule has 2 N–H and O–H groups in total. The number of rotatable bonds is 8. The largest absolute Gasteiger partial charge is 0.481 e. The Labute approximate surface area is 150 Å². The summed E-state index contributed by atoms with van der Waals surface area (Å²) in [6.45, 7) is 7.13. The molecule has 0 spiro atoms. The maximum absolute atomic E-state index is 11.1. The fraction of sp³-hybridized carbons (Fsp3) is 0.632. The number of nitrogens with one attached hydrogen (secondary N) is 1. The van der Waals surface area contributed by atoms with E-state index in [1.807, 2.05) is 18.2 Å². The van der Waals surface area contributed by atoms with E-state index in [1.165, 1.54) is 0 Å². The molecule has 2 rings (SSSR count). The molecule has 0 aliphatic heterocycles. The predicted octanol–water partition coefficient (Wildman–Crippen LogP) is 3.96. The summed E-state index contributed by atoms with van der Waals surface area (Å²) in [5.41, 5.74) is 1.16. The van der Waals surface area contributed by atoms with Gasteiger partial charge in [0.25, 0.3) is 0 Å². The highest BCUT2D eigenvalue weighted by Gasteiger charge is 2.27. The molecule has 1 aliphatic carbocycles. The van der Waals surface area contributed by atoms with Gasteiger partial charge in [0.1, 0.15) is 0 Å². The van der Waals surface area contributed by atoms with Crippen LogP contribution in [0.4, 0.5) is 0 Å². The van der Waals surface area contributed by atoms with E-state index in [9.17, 15) is 4.79 Å². The van der Waals surface area contributed by atoms with Crippen LogP contribution in [0.25, 0.3) is 0 Å². The number of likely N-dealkylation sites (N-methyl/N-ethyl adjacent to an activating group) is 1. The van der Waals surface area contributed by atoms with E-state index >= 15 is 0 Å². The topological polar surface area (TPSA) is 52.6 Å². The van der Waals surface area contributed by atoms with E-state index in [1.54, 1.807) is 0 Å². The molecule has 0 radical (unpaired) electrons. The molecule has 1 unspecified atom stereocenters. The standard InChI is InChI=1S/C19H29ClN2O2/c1-3-22(4-2)18(16-7-5-6-8-17(16)20)13-21-15-11-9-14(10-12-15)19(23)24/h5-8,14-15,18,21H,3-4,9-13H2,1-2H3,(H,23,24). The van der Waals surface area contributed by atoms with Crippen LogP contribution in [0.3, 0.4) is 0 Å². The average Bonchev–Trinajstić information content (AvgIpc) is 2.60. The summed E-state index contributed by atoms with van der Waals surface area (Å²) in [4.78, 5) is 13.5. The Morgan fingerprint density at radius 3 is 2.42 bits per heavy atom. The zero-order chi connectivity index (χ0) is 17.5. The third-order valence-electron chi connectivity index (χ3n) is 5.19. The molecule has 1 atom stereocenters. The van der Waals surface area contributed by atoms with Crippen LogP contribution in [-0.4, -0.2) is 41.7 Å². The second kappa shape index (κ2) is 9.40. The van der Waals surface area contributed by atoms with Crippen LogP contribution in [0.1, 0.15) is 51.1 Å². The van der Waals surface area contributed by atoms with Crippen molar-refractivity contribution in [2.75, 3.05) is 19.6 Å². The molecule has 1 fully saturated rings. The lowest BCUT2D eigenvalue weighted by Crippen LogP contribution is -2.41. The lowest BCUT2D eigenvalue weighted by molar-refractivity contribution is -0.142. The van der Waals surface area contributed by atoms with Gasteiger partial charge in [0.05, 0.1) is 5.92 Å². The van der Waals surface area contributed by atoms with Gasteiger partial charge in [-0.25, -0.2) is 0 Å². The van der Waals surface area contributed by atoms with Crippen LogP contribution in [0.5, 0.6) is 0 Å². The quantitative estimate of drug-likeness (QED) is 0.743. The van der Waals surface area contributed by atoms with Crippen LogP contribution in [0.2, 0.25) is 5.02 Å². The van der Waals surface area contributed by atoms with Gasteiger partial charge in [0, 0.05) is 23.7 Å². The Morgan fingerprint density at radius 2 is 1.88 bits per heavy atom. The highest BCUT2D eigenvalue weighted by molar-refractivity contribution is 6.31. The maximum Gasteiger partial charge on any atom is 0.306 e. The molecule has 0 amide bonds. The van der Waals surface area contributed by atoms with Gasteiger partial charge in [-0.05, 0) is 50.4 Å². The van der Waals surface area contributed by atoms with Crippen molar-refractivity contribution in [2.24, 2.45) is 5.92 Å². The highest BCUT2D eigenvalue weighted by atomic mass is 35.5. The van der Waals surface area contributed by atoms with Gasteiger partial charge in [0.15, 0.2) is 0 Å². The number of carboxylic acid groups (broad SMARTS) is 1. The van der Waals surface area contributed by atoms with Crippen LogP contribution in [-0.2, 0) is 4.79 Å². The minimum absolute atomic E-state index is 0.162. The first-order valence-electron chi connectivity index (χ1n) is 9.01. The number of aliphatic carboxylic acids is 1. The number of hydrogen-bond acceptors (Lipinski definition) is 3. The van der Waals surface area contributed by atoms with Gasteiger partial charge in [-0.3, -0.25) is 9.69 Å². The van der Waals surface area contributed by atoms with Crippen molar-refractivity contribution >= 4 is 17.6 Å². The van der Waals surface area contributed by atoms with E-state index in [0.29, 0.717) is 6.04 Å². The summed E-state index contributed by atoms with van der Waals surface area (Å²) in [7, 11) is 0. The average molecular weight is 353 g/mol. The van der Waals surface area contributed by atoms with Crippen molar-refractivity contribution in [3.8, 4) is 0 Å². The van der Waals surface area contributed by atoms with Crippen molar-refractivity contribution in [3.63, 3.8) is 0 Å². The van der Waals surface area contributed by atoms with Crippen molar-refractivity contribution in [1.82, 2.24) is 10.2 Å². The second-order valence-electron chi connectivity index (χ2n) is 6.55. The molecule has 0 aromatic heterocycles. The van der Waals surface area contributed by atoms with Gasteiger partial charge in [-0.15, -0.1) is 0 Å². The molecule has 24 heavy (non-hydrogen) atoms. The van der Waals surface area contributed by atoms with Crippen molar-refractivity contribution in [1.29, 1.82) is 0 Å². The molecule has 0 heterocycles. The van der Waals surface area contributed by atoms with Crippen LogP contribution >= 0.6 is 11.6 Å². The van der Waals surface area contributed by atoms with E-state index in [0.717, 1.165) is 55.9 Å². The molecule has 0 bridgehead atoms. The summed E-state index contributed by atoms with van der Waals surface area (Å²) >= 11 is 6.43. The van der Waals surface area contributed by atoms with Crippen molar-refractivity contribution in [2.45, 2.75) is 51.6 Å². The van der Waals surface area contributed by atoms with Gasteiger partial charge in [0.2, 0.25) is 0 Å². The van der Waals surface area contributed by atoms with Crippen LogP contribution < -0.4 is 5.32 Å². The van der Waals surface area contributed by atoms with E-state index in [-0.39, 0.29) is 12.0 Å². The first-order chi connectivity index (χ1) is 11.6. The Kier molecular flexibility index (Phi) is 7.53. The van der Waals surface area contributed by atoms with Crippen molar-refractivity contribution < 1.29 is 9.90 Å². The van der Waals surface area contributed by atoms with E-state index < -0.39 is 5.97 Å². The zero-order valence-electron chi connectivity index (χ0n) is 14.7. The normalized spacial score (nSPS) is 22.5. The van der Waals surface area contributed by atoms with Gasteiger partial charge in [-0.1, -0.05) is 43.6 Å². The molecule has 1 aliphatic rings. The monoisotopic (exact) mass is 352 g/mol.